The molecule has 124 valence electrons. The lowest BCUT2D eigenvalue weighted by atomic mass is 9.95. The van der Waals surface area contributed by atoms with Gasteiger partial charge in [-0.05, 0) is 37.1 Å². The molecule has 1 aliphatic rings. The first-order chi connectivity index (χ1) is 11.8. The van der Waals surface area contributed by atoms with Crippen LogP contribution in [0.1, 0.15) is 32.1 Å². The lowest BCUT2D eigenvalue weighted by Crippen LogP contribution is -2.22. The number of nitrogens with zero attached hydrogens (tertiary/aromatic N) is 5. The number of rotatable bonds is 4. The molecule has 0 spiro atoms. The van der Waals surface area contributed by atoms with Crippen molar-refractivity contribution >= 4 is 28.4 Å². The summed E-state index contributed by atoms with van der Waals surface area (Å²) in [4.78, 5) is 8.48. The van der Waals surface area contributed by atoms with E-state index in [-0.39, 0.29) is 0 Å². The molecule has 0 unspecified atom stereocenters. The molecule has 1 fully saturated rings. The molecule has 0 radical (unpaired) electrons. The molecule has 0 bridgehead atoms. The zero-order chi connectivity index (χ0) is 16.4. The van der Waals surface area contributed by atoms with Crippen LogP contribution in [0.2, 0.25) is 0 Å². The maximum Gasteiger partial charge on any atom is 0.183 e. The van der Waals surface area contributed by atoms with Crippen molar-refractivity contribution in [2.75, 3.05) is 10.6 Å². The van der Waals surface area contributed by atoms with Crippen molar-refractivity contribution < 1.29 is 0 Å². The fourth-order valence-corrected chi connectivity index (χ4v) is 3.21. The third-order valence-electron chi connectivity index (χ3n) is 4.51. The van der Waals surface area contributed by atoms with Crippen LogP contribution in [0.25, 0.3) is 11.2 Å². The fourth-order valence-electron chi connectivity index (χ4n) is 3.21. The fraction of sp³-hybridized carbons (Fsp3) is 0.412. The van der Waals surface area contributed by atoms with Crippen molar-refractivity contribution in [1.29, 1.82) is 0 Å². The summed E-state index contributed by atoms with van der Waals surface area (Å²) in [5, 5.41) is 15.0. The number of aromatic nitrogens is 5. The van der Waals surface area contributed by atoms with E-state index in [1.54, 1.807) is 4.68 Å². The van der Waals surface area contributed by atoms with Gasteiger partial charge in [0.05, 0.1) is 0 Å². The van der Waals surface area contributed by atoms with Crippen LogP contribution in [0.15, 0.2) is 30.6 Å². The minimum atomic E-state index is 0.610. The number of aryl methyl sites for hydroxylation is 1. The molecule has 1 aromatic carbocycles. The molecule has 24 heavy (non-hydrogen) atoms. The van der Waals surface area contributed by atoms with Crippen LogP contribution in [0.3, 0.4) is 0 Å². The first kappa shape index (κ1) is 14.9. The maximum absolute atomic E-state index is 4.28. The summed E-state index contributed by atoms with van der Waals surface area (Å²) in [6.45, 7) is 0. The molecule has 0 saturated heterocycles. The summed E-state index contributed by atoms with van der Waals surface area (Å²) in [6, 6.07) is 8.92. The van der Waals surface area contributed by atoms with E-state index in [2.05, 4.69) is 55.2 Å². The van der Waals surface area contributed by atoms with Gasteiger partial charge in [-0.1, -0.05) is 24.5 Å². The second-order valence-electron chi connectivity index (χ2n) is 6.29. The Morgan fingerprint density at radius 3 is 2.54 bits per heavy atom. The van der Waals surface area contributed by atoms with Crippen LogP contribution in [0.4, 0.5) is 17.2 Å². The molecule has 2 aromatic heterocycles. The summed E-state index contributed by atoms with van der Waals surface area (Å²) in [6.07, 6.45) is 8.10. The predicted octanol–water partition coefficient (Wildman–Crippen LogP) is 3.25. The standard InChI is InChI=1S/C17H21N7/c1-24-17-15(22-23-24)16(18-11-19-17)21-14-9-7-13(8-10-14)20-12-5-3-2-4-6-12/h7-12,20H,2-6H2,1H3,(H,18,19,21). The topological polar surface area (TPSA) is 80.5 Å². The molecule has 0 amide bonds. The van der Waals surface area contributed by atoms with Gasteiger partial charge in [-0.25, -0.2) is 14.6 Å². The van der Waals surface area contributed by atoms with Gasteiger partial charge >= 0.3 is 0 Å². The number of fused-ring (bicyclic) bond motifs is 1. The minimum Gasteiger partial charge on any atom is -0.382 e. The van der Waals surface area contributed by atoms with Gasteiger partial charge in [0.2, 0.25) is 0 Å². The van der Waals surface area contributed by atoms with Gasteiger partial charge in [0, 0.05) is 24.5 Å². The van der Waals surface area contributed by atoms with Crippen LogP contribution in [-0.4, -0.2) is 31.0 Å². The van der Waals surface area contributed by atoms with Gasteiger partial charge in [0.15, 0.2) is 17.0 Å². The van der Waals surface area contributed by atoms with Gasteiger partial charge in [0.25, 0.3) is 0 Å². The van der Waals surface area contributed by atoms with Gasteiger partial charge in [-0.2, -0.15) is 0 Å². The molecule has 1 aliphatic carbocycles. The zero-order valence-corrected chi connectivity index (χ0v) is 13.7. The molecular weight excluding hydrogens is 302 g/mol. The second kappa shape index (κ2) is 6.43. The van der Waals surface area contributed by atoms with E-state index >= 15 is 0 Å². The molecule has 2 N–H and O–H groups in total. The summed E-state index contributed by atoms with van der Waals surface area (Å²) in [5.74, 6) is 0.668. The van der Waals surface area contributed by atoms with E-state index in [1.165, 1.54) is 44.1 Å². The van der Waals surface area contributed by atoms with Crippen molar-refractivity contribution in [3.8, 4) is 0 Å². The zero-order valence-electron chi connectivity index (χ0n) is 13.7. The Labute approximate surface area is 140 Å². The Morgan fingerprint density at radius 1 is 1.00 bits per heavy atom. The first-order valence-corrected chi connectivity index (χ1v) is 8.43. The number of anilines is 3. The van der Waals surface area contributed by atoms with E-state index in [9.17, 15) is 0 Å². The Bertz CT molecular complexity index is 819. The van der Waals surface area contributed by atoms with Gasteiger partial charge < -0.3 is 10.6 Å². The highest BCUT2D eigenvalue weighted by molar-refractivity contribution is 5.84. The number of hydrogen-bond acceptors (Lipinski definition) is 6. The van der Waals surface area contributed by atoms with Crippen molar-refractivity contribution in [2.45, 2.75) is 38.1 Å². The maximum atomic E-state index is 4.28. The smallest absolute Gasteiger partial charge is 0.183 e. The molecule has 2 heterocycles. The average Bonchev–Trinajstić information content (AvgIpc) is 3.00. The van der Waals surface area contributed by atoms with E-state index in [4.69, 9.17) is 0 Å². The van der Waals surface area contributed by atoms with Gasteiger partial charge in [0.1, 0.15) is 6.33 Å². The van der Waals surface area contributed by atoms with Crippen LogP contribution >= 0.6 is 0 Å². The average molecular weight is 323 g/mol. The molecule has 7 heteroatoms. The normalized spacial score (nSPS) is 15.5. The third-order valence-corrected chi connectivity index (χ3v) is 4.51. The molecule has 0 atom stereocenters. The highest BCUT2D eigenvalue weighted by Crippen LogP contribution is 2.24. The lowest BCUT2D eigenvalue weighted by Gasteiger charge is -2.23. The summed E-state index contributed by atoms with van der Waals surface area (Å²) < 4.78 is 1.64. The van der Waals surface area contributed by atoms with Crippen molar-refractivity contribution in [1.82, 2.24) is 25.0 Å². The molecule has 4 rings (SSSR count). The Kier molecular flexibility index (Phi) is 3.98. The van der Waals surface area contributed by atoms with E-state index in [0.717, 1.165) is 5.69 Å². The number of hydrogen-bond donors (Lipinski definition) is 2. The van der Waals surface area contributed by atoms with Crippen molar-refractivity contribution in [3.63, 3.8) is 0 Å². The van der Waals surface area contributed by atoms with Crippen molar-refractivity contribution in [3.05, 3.63) is 30.6 Å². The quantitative estimate of drug-likeness (QED) is 0.767. The molecule has 0 aliphatic heterocycles. The van der Waals surface area contributed by atoms with Crippen LogP contribution in [-0.2, 0) is 7.05 Å². The van der Waals surface area contributed by atoms with Crippen LogP contribution < -0.4 is 10.6 Å². The van der Waals surface area contributed by atoms with E-state index in [1.807, 2.05) is 7.05 Å². The Balaban J connectivity index is 1.48. The van der Waals surface area contributed by atoms with Crippen molar-refractivity contribution in [2.24, 2.45) is 7.05 Å². The lowest BCUT2D eigenvalue weighted by molar-refractivity contribution is 0.463. The van der Waals surface area contributed by atoms with Gasteiger partial charge in [-0.3, -0.25) is 0 Å². The molecular formula is C17H21N7. The number of benzene rings is 1. The molecule has 1 saturated carbocycles. The van der Waals surface area contributed by atoms with Crippen LogP contribution in [0.5, 0.6) is 0 Å². The van der Waals surface area contributed by atoms with Crippen LogP contribution in [0, 0.1) is 0 Å². The first-order valence-electron chi connectivity index (χ1n) is 8.43. The van der Waals surface area contributed by atoms with E-state index < -0.39 is 0 Å². The highest BCUT2D eigenvalue weighted by Gasteiger charge is 2.13. The van der Waals surface area contributed by atoms with Gasteiger partial charge in [-0.15, -0.1) is 5.10 Å². The minimum absolute atomic E-state index is 0.610. The Hall–Kier alpha value is -2.70. The third kappa shape index (κ3) is 3.02. The SMILES string of the molecule is Cn1nnc2c(Nc3ccc(NC4CCCCC4)cc3)ncnc21. The number of nitrogens with one attached hydrogen (secondary N) is 2. The predicted molar refractivity (Wildman–Crippen MR) is 94.3 cm³/mol. The second-order valence-corrected chi connectivity index (χ2v) is 6.29. The Morgan fingerprint density at radius 2 is 1.75 bits per heavy atom. The molecule has 3 aromatic rings. The largest absolute Gasteiger partial charge is 0.382 e. The monoisotopic (exact) mass is 323 g/mol. The summed E-state index contributed by atoms with van der Waals surface area (Å²) in [5.41, 5.74) is 3.52. The molecule has 7 nitrogen and oxygen atoms in total. The van der Waals surface area contributed by atoms with E-state index in [0.29, 0.717) is 23.0 Å². The summed E-state index contributed by atoms with van der Waals surface area (Å²) in [7, 11) is 1.82. The highest BCUT2D eigenvalue weighted by atomic mass is 15.4. The summed E-state index contributed by atoms with van der Waals surface area (Å²) >= 11 is 0.